The monoisotopic (exact) mass is 382 g/mol. The summed E-state index contributed by atoms with van der Waals surface area (Å²) in [7, 11) is 0. The molecule has 1 atom stereocenters. The maximum absolute atomic E-state index is 13.0. The lowest BCUT2D eigenvalue weighted by atomic mass is 9.49. The summed E-state index contributed by atoms with van der Waals surface area (Å²) in [5, 5.41) is 3.43. The van der Waals surface area contributed by atoms with Crippen LogP contribution in [0.2, 0.25) is 0 Å². The fourth-order valence-corrected chi connectivity index (χ4v) is 6.97. The number of carbonyl (C=O) groups excluding carboxylic acids is 1. The molecule has 0 radical (unpaired) electrons. The minimum atomic E-state index is 0. The molecule has 1 N–H and O–H groups in total. The van der Waals surface area contributed by atoms with Crippen molar-refractivity contribution in [2.45, 2.75) is 90.0 Å². The van der Waals surface area contributed by atoms with Gasteiger partial charge in [-0.15, -0.1) is 12.4 Å². The van der Waals surface area contributed by atoms with Crippen molar-refractivity contribution in [1.29, 1.82) is 0 Å². The van der Waals surface area contributed by atoms with Crippen molar-refractivity contribution >= 4 is 18.3 Å². The summed E-state index contributed by atoms with van der Waals surface area (Å²) in [5.74, 6) is 3.46. The Hall–Kier alpha value is -0.280. The molecule has 0 spiro atoms. The average molecular weight is 383 g/mol. The van der Waals surface area contributed by atoms with Crippen molar-refractivity contribution in [2.24, 2.45) is 23.2 Å². The molecule has 4 bridgehead atoms. The van der Waals surface area contributed by atoms with Crippen molar-refractivity contribution < 1.29 is 4.79 Å². The number of nitrogens with one attached hydrogen (secondary N) is 1. The molecule has 1 aliphatic heterocycles. The predicted molar refractivity (Wildman–Crippen MR) is 110 cm³/mol. The fraction of sp³-hybridized carbons (Fsp3) is 0.955. The lowest BCUT2D eigenvalue weighted by Gasteiger charge is -2.57. The zero-order chi connectivity index (χ0) is 17.3. The van der Waals surface area contributed by atoms with E-state index in [2.05, 4.69) is 17.1 Å². The Morgan fingerprint density at radius 1 is 1.04 bits per heavy atom. The molecule has 150 valence electrons. The van der Waals surface area contributed by atoms with Gasteiger partial charge >= 0.3 is 0 Å². The molecule has 0 aromatic heterocycles. The summed E-state index contributed by atoms with van der Waals surface area (Å²) in [6.07, 6.45) is 16.1. The predicted octanol–water partition coefficient (Wildman–Crippen LogP) is 4.79. The van der Waals surface area contributed by atoms with Crippen LogP contribution < -0.4 is 5.32 Å². The SMILES string of the molecule is CCCCCN(CCC12CC3CC(CC(C3)C1)C2)C(=O)[C@H]1CCCN1.Cl. The third-order valence-electron chi connectivity index (χ3n) is 7.78. The van der Waals surface area contributed by atoms with Crippen LogP contribution in [0.25, 0.3) is 0 Å². The van der Waals surface area contributed by atoms with Crippen LogP contribution in [0.15, 0.2) is 0 Å². The van der Waals surface area contributed by atoms with E-state index in [9.17, 15) is 4.79 Å². The Balaban J connectivity index is 0.00000196. The Morgan fingerprint density at radius 3 is 2.23 bits per heavy atom. The van der Waals surface area contributed by atoms with E-state index >= 15 is 0 Å². The number of hydrogen-bond donors (Lipinski definition) is 1. The van der Waals surface area contributed by atoms with Gasteiger partial charge in [-0.25, -0.2) is 0 Å². The van der Waals surface area contributed by atoms with Gasteiger partial charge in [0.25, 0.3) is 0 Å². The van der Waals surface area contributed by atoms with Gasteiger partial charge in [-0.1, -0.05) is 19.8 Å². The summed E-state index contributed by atoms with van der Waals surface area (Å²) in [4.78, 5) is 15.3. The summed E-state index contributed by atoms with van der Waals surface area (Å²) < 4.78 is 0. The van der Waals surface area contributed by atoms with Crippen molar-refractivity contribution in [1.82, 2.24) is 10.2 Å². The van der Waals surface area contributed by atoms with E-state index in [-0.39, 0.29) is 18.4 Å². The molecule has 0 aromatic rings. The number of halogens is 1. The maximum Gasteiger partial charge on any atom is 0.239 e. The van der Waals surface area contributed by atoms with E-state index in [0.29, 0.717) is 11.3 Å². The van der Waals surface area contributed by atoms with E-state index in [0.717, 1.165) is 50.2 Å². The minimum Gasteiger partial charge on any atom is -0.341 e. The van der Waals surface area contributed by atoms with Gasteiger partial charge in [-0.3, -0.25) is 4.79 Å². The molecule has 0 unspecified atom stereocenters. The van der Waals surface area contributed by atoms with Crippen LogP contribution in [0.3, 0.4) is 0 Å². The van der Waals surface area contributed by atoms with Crippen LogP contribution >= 0.6 is 12.4 Å². The first-order valence-electron chi connectivity index (χ1n) is 11.2. The molecule has 4 heteroatoms. The van der Waals surface area contributed by atoms with Crippen molar-refractivity contribution in [3.05, 3.63) is 0 Å². The maximum atomic E-state index is 13.0. The fourth-order valence-electron chi connectivity index (χ4n) is 6.97. The molecule has 3 nitrogen and oxygen atoms in total. The van der Waals surface area contributed by atoms with E-state index in [1.54, 1.807) is 0 Å². The van der Waals surface area contributed by atoms with Crippen LogP contribution in [0.4, 0.5) is 0 Å². The van der Waals surface area contributed by atoms with Gasteiger partial charge in [0.05, 0.1) is 6.04 Å². The summed E-state index contributed by atoms with van der Waals surface area (Å²) in [6, 6.07) is 0.109. The second kappa shape index (κ2) is 8.82. The lowest BCUT2D eigenvalue weighted by molar-refractivity contribution is -0.134. The molecule has 5 aliphatic rings. The smallest absolute Gasteiger partial charge is 0.239 e. The molecule has 1 heterocycles. The first kappa shape index (κ1) is 20.5. The van der Waals surface area contributed by atoms with Crippen molar-refractivity contribution in [2.75, 3.05) is 19.6 Å². The van der Waals surface area contributed by atoms with Crippen molar-refractivity contribution in [3.8, 4) is 0 Å². The number of amides is 1. The zero-order valence-electron chi connectivity index (χ0n) is 16.7. The molecular weight excluding hydrogens is 344 g/mol. The second-order valence-corrected chi connectivity index (χ2v) is 9.85. The van der Waals surface area contributed by atoms with Crippen LogP contribution in [-0.4, -0.2) is 36.5 Å². The first-order chi connectivity index (χ1) is 12.2. The van der Waals surface area contributed by atoms with E-state index in [1.807, 2.05) is 0 Å². The summed E-state index contributed by atoms with van der Waals surface area (Å²) in [5.41, 5.74) is 0.598. The third kappa shape index (κ3) is 4.41. The van der Waals surface area contributed by atoms with Gasteiger partial charge < -0.3 is 10.2 Å². The first-order valence-corrected chi connectivity index (χ1v) is 11.2. The number of hydrogen-bond acceptors (Lipinski definition) is 2. The highest BCUT2D eigenvalue weighted by Crippen LogP contribution is 2.61. The van der Waals surface area contributed by atoms with Crippen LogP contribution in [-0.2, 0) is 4.79 Å². The number of nitrogens with zero attached hydrogens (tertiary/aromatic N) is 1. The summed E-state index contributed by atoms with van der Waals surface area (Å²) >= 11 is 0. The number of unbranched alkanes of at least 4 members (excludes halogenated alkanes) is 2. The largest absolute Gasteiger partial charge is 0.341 e. The van der Waals surface area contributed by atoms with E-state index in [4.69, 9.17) is 0 Å². The molecular formula is C22H39ClN2O. The molecule has 5 rings (SSSR count). The van der Waals surface area contributed by atoms with Crippen LogP contribution in [0, 0.1) is 23.2 Å². The molecule has 1 amide bonds. The van der Waals surface area contributed by atoms with Gasteiger partial charge in [0.15, 0.2) is 0 Å². The number of rotatable bonds is 8. The highest BCUT2D eigenvalue weighted by Gasteiger charge is 2.50. The van der Waals surface area contributed by atoms with Crippen LogP contribution in [0.1, 0.15) is 84.0 Å². The van der Waals surface area contributed by atoms with E-state index < -0.39 is 0 Å². The normalized spacial score (nSPS) is 37.6. The summed E-state index contributed by atoms with van der Waals surface area (Å²) in [6.45, 7) is 5.28. The molecule has 4 saturated carbocycles. The molecule has 1 saturated heterocycles. The second-order valence-electron chi connectivity index (χ2n) is 9.85. The molecule has 0 aromatic carbocycles. The average Bonchev–Trinajstić information content (AvgIpc) is 3.11. The quantitative estimate of drug-likeness (QED) is 0.612. The Morgan fingerprint density at radius 2 is 1.69 bits per heavy atom. The lowest BCUT2D eigenvalue weighted by Crippen LogP contribution is -2.49. The van der Waals surface area contributed by atoms with Gasteiger partial charge in [-0.05, 0) is 93.9 Å². The highest BCUT2D eigenvalue weighted by atomic mass is 35.5. The Labute approximate surface area is 166 Å². The topological polar surface area (TPSA) is 32.3 Å². The van der Waals surface area contributed by atoms with Gasteiger partial charge in [0, 0.05) is 13.1 Å². The number of carbonyl (C=O) groups is 1. The molecule has 5 fully saturated rings. The minimum absolute atomic E-state index is 0. The zero-order valence-corrected chi connectivity index (χ0v) is 17.5. The Bertz CT molecular complexity index is 439. The molecule has 26 heavy (non-hydrogen) atoms. The third-order valence-corrected chi connectivity index (χ3v) is 7.78. The standard InChI is InChI=1S/C22H38N2O.ClH/c1-2-3-4-9-24(21(25)20-6-5-8-23-20)10-7-22-14-17-11-18(15-22)13-19(12-17)16-22;/h17-20,23H,2-16H2,1H3;1H/t17?,18?,19?,20-,22?;/m1./s1. The highest BCUT2D eigenvalue weighted by molar-refractivity contribution is 5.85. The van der Waals surface area contributed by atoms with E-state index in [1.165, 1.54) is 64.2 Å². The molecule has 4 aliphatic carbocycles. The van der Waals surface area contributed by atoms with Crippen LogP contribution in [0.5, 0.6) is 0 Å². The van der Waals surface area contributed by atoms with Gasteiger partial charge in [-0.2, -0.15) is 0 Å². The van der Waals surface area contributed by atoms with Crippen molar-refractivity contribution in [3.63, 3.8) is 0 Å². The van der Waals surface area contributed by atoms with Gasteiger partial charge in [0.1, 0.15) is 0 Å². The Kier molecular flexibility index (Phi) is 6.94. The van der Waals surface area contributed by atoms with Gasteiger partial charge in [0.2, 0.25) is 5.91 Å².